The number of benzene rings is 1. The van der Waals surface area contributed by atoms with Crippen molar-refractivity contribution in [2.45, 2.75) is 26.9 Å². The van der Waals surface area contributed by atoms with E-state index >= 15 is 0 Å². The van der Waals surface area contributed by atoms with Crippen molar-refractivity contribution < 1.29 is 19.1 Å². The Labute approximate surface area is 142 Å². The van der Waals surface area contributed by atoms with Crippen molar-refractivity contribution in [3.8, 4) is 5.75 Å². The molecule has 1 fully saturated rings. The van der Waals surface area contributed by atoms with Crippen molar-refractivity contribution in [2.24, 2.45) is 0 Å². The van der Waals surface area contributed by atoms with E-state index in [1.54, 1.807) is 17.9 Å². The molecule has 0 bridgehead atoms. The van der Waals surface area contributed by atoms with Gasteiger partial charge in [-0.15, -0.1) is 0 Å². The number of urea groups is 1. The Morgan fingerprint density at radius 2 is 2.25 bits per heavy atom. The zero-order valence-corrected chi connectivity index (χ0v) is 14.4. The van der Waals surface area contributed by atoms with E-state index in [1.807, 2.05) is 26.0 Å². The number of rotatable bonds is 8. The maximum atomic E-state index is 12.0. The summed E-state index contributed by atoms with van der Waals surface area (Å²) in [6, 6.07) is 5.43. The summed E-state index contributed by atoms with van der Waals surface area (Å²) in [5.41, 5.74) is 1.64. The van der Waals surface area contributed by atoms with Crippen LogP contribution in [0.3, 0.4) is 0 Å². The fourth-order valence-electron chi connectivity index (χ4n) is 2.42. The van der Waals surface area contributed by atoms with E-state index in [-0.39, 0.29) is 11.9 Å². The molecule has 7 nitrogen and oxygen atoms in total. The standard InChI is InChI=1S/C17H25N3O4/c1-4-23-13(3)16(21)19-15-6-5-14(11-12(15)2)24-10-9-20-8-7-18-17(20)22/h5-6,11,13H,4,7-10H2,1-3H3,(H,18,22)(H,19,21). The molecule has 0 spiro atoms. The van der Waals surface area contributed by atoms with Crippen molar-refractivity contribution in [3.05, 3.63) is 23.8 Å². The Kier molecular flexibility index (Phi) is 6.43. The first-order valence-corrected chi connectivity index (χ1v) is 8.20. The minimum Gasteiger partial charge on any atom is -0.492 e. The summed E-state index contributed by atoms with van der Waals surface area (Å²) in [6.07, 6.45) is -0.489. The number of anilines is 1. The first-order valence-electron chi connectivity index (χ1n) is 8.20. The fraction of sp³-hybridized carbons (Fsp3) is 0.529. The Hall–Kier alpha value is -2.28. The van der Waals surface area contributed by atoms with E-state index in [1.165, 1.54) is 0 Å². The maximum absolute atomic E-state index is 12.0. The van der Waals surface area contributed by atoms with Crippen LogP contribution < -0.4 is 15.4 Å². The highest BCUT2D eigenvalue weighted by Crippen LogP contribution is 2.21. The number of ether oxygens (including phenoxy) is 2. The molecule has 1 aliphatic heterocycles. The highest BCUT2D eigenvalue weighted by atomic mass is 16.5. The largest absolute Gasteiger partial charge is 0.492 e. The molecule has 2 N–H and O–H groups in total. The van der Waals surface area contributed by atoms with Crippen molar-refractivity contribution in [1.29, 1.82) is 0 Å². The maximum Gasteiger partial charge on any atom is 0.317 e. The first-order chi connectivity index (χ1) is 11.5. The van der Waals surface area contributed by atoms with Crippen molar-refractivity contribution in [1.82, 2.24) is 10.2 Å². The van der Waals surface area contributed by atoms with E-state index in [4.69, 9.17) is 9.47 Å². The van der Waals surface area contributed by atoms with Crippen molar-refractivity contribution >= 4 is 17.6 Å². The molecule has 2 rings (SSSR count). The SMILES string of the molecule is CCOC(C)C(=O)Nc1ccc(OCCN2CCNC2=O)cc1C. The van der Waals surface area contributed by atoms with Gasteiger partial charge in [-0.25, -0.2) is 4.79 Å². The van der Waals surface area contributed by atoms with Crippen molar-refractivity contribution in [2.75, 3.05) is 38.2 Å². The predicted octanol–water partition coefficient (Wildman–Crippen LogP) is 1.76. The minimum absolute atomic E-state index is 0.0451. The first kappa shape index (κ1) is 18.1. The smallest absolute Gasteiger partial charge is 0.317 e. The summed E-state index contributed by atoms with van der Waals surface area (Å²) >= 11 is 0. The second-order valence-electron chi connectivity index (χ2n) is 5.63. The molecule has 0 radical (unpaired) electrons. The topological polar surface area (TPSA) is 79.9 Å². The molecule has 24 heavy (non-hydrogen) atoms. The van der Waals surface area contributed by atoms with Crippen LogP contribution in [0.25, 0.3) is 0 Å². The van der Waals surface area contributed by atoms with Gasteiger partial charge in [-0.05, 0) is 44.5 Å². The molecule has 1 aromatic rings. The number of hydrogen-bond donors (Lipinski definition) is 2. The summed E-state index contributed by atoms with van der Waals surface area (Å²) in [5.74, 6) is 0.539. The van der Waals surface area contributed by atoms with Crippen LogP contribution in [0.15, 0.2) is 18.2 Å². The van der Waals surface area contributed by atoms with Crippen LogP contribution in [0.1, 0.15) is 19.4 Å². The number of amides is 3. The van der Waals surface area contributed by atoms with Gasteiger partial charge in [-0.2, -0.15) is 0 Å². The molecule has 132 valence electrons. The molecule has 0 aliphatic carbocycles. The second-order valence-corrected chi connectivity index (χ2v) is 5.63. The van der Waals surface area contributed by atoms with Crippen molar-refractivity contribution in [3.63, 3.8) is 0 Å². The average Bonchev–Trinajstić information content (AvgIpc) is 2.95. The van der Waals surface area contributed by atoms with Gasteiger partial charge in [0.25, 0.3) is 5.91 Å². The van der Waals surface area contributed by atoms with Gasteiger partial charge in [0.1, 0.15) is 18.5 Å². The van der Waals surface area contributed by atoms with E-state index in [2.05, 4.69) is 10.6 Å². The number of nitrogens with zero attached hydrogens (tertiary/aromatic N) is 1. The van der Waals surface area contributed by atoms with Crippen LogP contribution in [0.2, 0.25) is 0 Å². The Morgan fingerprint density at radius 1 is 1.46 bits per heavy atom. The summed E-state index contributed by atoms with van der Waals surface area (Å²) in [7, 11) is 0. The van der Waals surface area contributed by atoms with Crippen LogP contribution >= 0.6 is 0 Å². The lowest BCUT2D eigenvalue weighted by Gasteiger charge is -2.16. The van der Waals surface area contributed by atoms with Crippen LogP contribution in [0, 0.1) is 6.92 Å². The lowest BCUT2D eigenvalue weighted by Crippen LogP contribution is -2.31. The van der Waals surface area contributed by atoms with E-state index in [9.17, 15) is 9.59 Å². The number of nitrogens with one attached hydrogen (secondary N) is 2. The molecule has 3 amide bonds. The van der Waals surface area contributed by atoms with E-state index < -0.39 is 6.10 Å². The number of hydrogen-bond acceptors (Lipinski definition) is 4. The molecule has 1 saturated heterocycles. The molecule has 0 aromatic heterocycles. The van der Waals surface area contributed by atoms with Crippen LogP contribution in [-0.4, -0.2) is 55.8 Å². The van der Waals surface area contributed by atoms with Gasteiger partial charge in [0, 0.05) is 25.4 Å². The summed E-state index contributed by atoms with van der Waals surface area (Å²) in [4.78, 5) is 25.1. The normalized spacial score (nSPS) is 15.1. The summed E-state index contributed by atoms with van der Waals surface area (Å²) < 4.78 is 11.0. The average molecular weight is 335 g/mol. The number of carbonyl (C=O) groups is 2. The zero-order valence-electron chi connectivity index (χ0n) is 14.4. The molecule has 1 heterocycles. The number of aryl methyl sites for hydroxylation is 1. The zero-order chi connectivity index (χ0) is 17.5. The third-order valence-electron chi connectivity index (χ3n) is 3.82. The van der Waals surface area contributed by atoms with Gasteiger partial charge in [-0.1, -0.05) is 0 Å². The molecular weight excluding hydrogens is 310 g/mol. The number of carbonyl (C=O) groups excluding carboxylic acids is 2. The molecular formula is C17H25N3O4. The predicted molar refractivity (Wildman–Crippen MR) is 91.4 cm³/mol. The van der Waals surface area contributed by atoms with Gasteiger partial charge in [0.15, 0.2) is 0 Å². The quantitative estimate of drug-likeness (QED) is 0.759. The summed E-state index contributed by atoms with van der Waals surface area (Å²) in [5, 5.41) is 5.60. The van der Waals surface area contributed by atoms with Gasteiger partial charge in [-0.3, -0.25) is 4.79 Å². The highest BCUT2D eigenvalue weighted by molar-refractivity contribution is 5.94. The van der Waals surface area contributed by atoms with Gasteiger partial charge < -0.3 is 25.0 Å². The third kappa shape index (κ3) is 4.86. The minimum atomic E-state index is -0.489. The molecule has 0 saturated carbocycles. The lowest BCUT2D eigenvalue weighted by atomic mass is 10.2. The van der Waals surface area contributed by atoms with Crippen LogP contribution in [0.5, 0.6) is 5.75 Å². The van der Waals surface area contributed by atoms with Gasteiger partial charge >= 0.3 is 6.03 Å². The van der Waals surface area contributed by atoms with Gasteiger partial charge in [0.05, 0.1) is 6.54 Å². The summed E-state index contributed by atoms with van der Waals surface area (Å²) in [6.45, 7) is 8.36. The van der Waals surface area contributed by atoms with Gasteiger partial charge in [0.2, 0.25) is 0 Å². The van der Waals surface area contributed by atoms with Crippen LogP contribution in [-0.2, 0) is 9.53 Å². The Balaban J connectivity index is 1.85. The third-order valence-corrected chi connectivity index (χ3v) is 3.82. The monoisotopic (exact) mass is 335 g/mol. The Bertz CT molecular complexity index is 591. The van der Waals surface area contributed by atoms with E-state index in [0.717, 1.165) is 11.3 Å². The lowest BCUT2D eigenvalue weighted by molar-refractivity contribution is -0.126. The molecule has 7 heteroatoms. The fourth-order valence-corrected chi connectivity index (χ4v) is 2.42. The highest BCUT2D eigenvalue weighted by Gasteiger charge is 2.18. The Morgan fingerprint density at radius 3 is 2.88 bits per heavy atom. The molecule has 1 aliphatic rings. The molecule has 1 aromatic carbocycles. The van der Waals surface area contributed by atoms with Crippen LogP contribution in [0.4, 0.5) is 10.5 Å². The molecule has 1 unspecified atom stereocenters. The van der Waals surface area contributed by atoms with E-state index in [0.29, 0.717) is 38.6 Å². The second kappa shape index (κ2) is 8.54. The molecule has 1 atom stereocenters.